The van der Waals surface area contributed by atoms with Crippen LogP contribution in [-0.4, -0.2) is 36.5 Å². The zero-order chi connectivity index (χ0) is 12.0. The molecule has 0 unspecified atom stereocenters. The Morgan fingerprint density at radius 2 is 2.00 bits per heavy atom. The first-order chi connectivity index (χ1) is 7.69. The molecule has 1 fully saturated rings. The van der Waals surface area contributed by atoms with Crippen LogP contribution < -0.4 is 0 Å². The maximum Gasteiger partial charge on any atom is 0.325 e. The number of hydrogen-bond acceptors (Lipinski definition) is 3. The molecule has 0 aromatic carbocycles. The zero-order valence-electron chi connectivity index (χ0n) is 10.2. The van der Waals surface area contributed by atoms with E-state index in [1.807, 2.05) is 6.92 Å². The van der Waals surface area contributed by atoms with Crippen LogP contribution in [0.2, 0.25) is 0 Å². The SMILES string of the molecule is CCCN(CC(=O)OCC)C(=O)C1CCC1. The average molecular weight is 227 g/mol. The van der Waals surface area contributed by atoms with Gasteiger partial charge in [-0.3, -0.25) is 9.59 Å². The van der Waals surface area contributed by atoms with Crippen molar-refractivity contribution in [1.82, 2.24) is 4.90 Å². The van der Waals surface area contributed by atoms with Gasteiger partial charge in [-0.05, 0) is 26.2 Å². The van der Waals surface area contributed by atoms with Crippen molar-refractivity contribution >= 4 is 11.9 Å². The number of amides is 1. The van der Waals surface area contributed by atoms with Gasteiger partial charge in [0.05, 0.1) is 6.61 Å². The van der Waals surface area contributed by atoms with Crippen molar-refractivity contribution in [3.05, 3.63) is 0 Å². The summed E-state index contributed by atoms with van der Waals surface area (Å²) in [6, 6.07) is 0. The fourth-order valence-corrected chi connectivity index (χ4v) is 1.81. The van der Waals surface area contributed by atoms with E-state index in [9.17, 15) is 9.59 Å². The van der Waals surface area contributed by atoms with Crippen molar-refractivity contribution in [2.45, 2.75) is 39.5 Å². The van der Waals surface area contributed by atoms with Gasteiger partial charge in [-0.2, -0.15) is 0 Å². The summed E-state index contributed by atoms with van der Waals surface area (Å²) in [5.74, 6) is -0.0225. The molecular weight excluding hydrogens is 206 g/mol. The molecule has 0 saturated heterocycles. The Kier molecular flexibility index (Phi) is 5.29. The van der Waals surface area contributed by atoms with Gasteiger partial charge < -0.3 is 9.64 Å². The molecule has 1 aliphatic rings. The van der Waals surface area contributed by atoms with E-state index in [0.717, 1.165) is 25.7 Å². The Labute approximate surface area is 96.9 Å². The van der Waals surface area contributed by atoms with E-state index in [2.05, 4.69) is 0 Å². The van der Waals surface area contributed by atoms with Crippen molar-refractivity contribution in [3.63, 3.8) is 0 Å². The quantitative estimate of drug-likeness (QED) is 0.647. The minimum Gasteiger partial charge on any atom is -0.465 e. The Morgan fingerprint density at radius 1 is 1.31 bits per heavy atom. The van der Waals surface area contributed by atoms with Gasteiger partial charge in [-0.1, -0.05) is 13.3 Å². The summed E-state index contributed by atoms with van der Waals surface area (Å²) < 4.78 is 4.87. The lowest BCUT2D eigenvalue weighted by atomic mass is 9.84. The summed E-state index contributed by atoms with van der Waals surface area (Å²) in [6.07, 6.45) is 3.96. The third-order valence-corrected chi connectivity index (χ3v) is 2.88. The molecule has 1 aliphatic carbocycles. The normalized spacial score (nSPS) is 15.4. The van der Waals surface area contributed by atoms with Crippen LogP contribution in [0.25, 0.3) is 0 Å². The molecule has 16 heavy (non-hydrogen) atoms. The molecule has 1 saturated carbocycles. The number of rotatable bonds is 6. The van der Waals surface area contributed by atoms with E-state index in [1.165, 1.54) is 0 Å². The molecule has 0 aromatic rings. The largest absolute Gasteiger partial charge is 0.465 e. The molecule has 4 nitrogen and oxygen atoms in total. The average Bonchev–Trinajstić information content (AvgIpc) is 2.14. The summed E-state index contributed by atoms with van der Waals surface area (Å²) in [5, 5.41) is 0. The highest BCUT2D eigenvalue weighted by Gasteiger charge is 2.30. The van der Waals surface area contributed by atoms with Gasteiger partial charge in [0.25, 0.3) is 0 Å². The molecule has 1 rings (SSSR count). The fourth-order valence-electron chi connectivity index (χ4n) is 1.81. The first kappa shape index (κ1) is 13.0. The summed E-state index contributed by atoms with van der Waals surface area (Å²) in [4.78, 5) is 25.0. The first-order valence-electron chi connectivity index (χ1n) is 6.13. The fraction of sp³-hybridized carbons (Fsp3) is 0.833. The van der Waals surface area contributed by atoms with Gasteiger partial charge >= 0.3 is 5.97 Å². The highest BCUT2D eigenvalue weighted by Crippen LogP contribution is 2.28. The Bertz CT molecular complexity index is 249. The second kappa shape index (κ2) is 6.51. The molecule has 0 bridgehead atoms. The highest BCUT2D eigenvalue weighted by atomic mass is 16.5. The van der Waals surface area contributed by atoms with E-state index in [0.29, 0.717) is 13.2 Å². The lowest BCUT2D eigenvalue weighted by molar-refractivity contribution is -0.151. The second-order valence-corrected chi connectivity index (χ2v) is 4.19. The minimum absolute atomic E-state index is 0.108. The van der Waals surface area contributed by atoms with Gasteiger partial charge in [-0.25, -0.2) is 0 Å². The molecule has 4 heteroatoms. The third-order valence-electron chi connectivity index (χ3n) is 2.88. The van der Waals surface area contributed by atoms with Crippen LogP contribution in [0.5, 0.6) is 0 Å². The molecule has 0 spiro atoms. The van der Waals surface area contributed by atoms with Crippen molar-refractivity contribution in [1.29, 1.82) is 0 Å². The monoisotopic (exact) mass is 227 g/mol. The molecular formula is C12H21NO3. The van der Waals surface area contributed by atoms with Crippen molar-refractivity contribution < 1.29 is 14.3 Å². The number of carbonyl (C=O) groups excluding carboxylic acids is 2. The lowest BCUT2D eigenvalue weighted by Gasteiger charge is -2.30. The van der Waals surface area contributed by atoms with Crippen LogP contribution in [-0.2, 0) is 14.3 Å². The van der Waals surface area contributed by atoms with Crippen LogP contribution in [0.4, 0.5) is 0 Å². The van der Waals surface area contributed by atoms with E-state index >= 15 is 0 Å². The minimum atomic E-state index is -0.302. The van der Waals surface area contributed by atoms with Crippen molar-refractivity contribution in [2.75, 3.05) is 19.7 Å². The van der Waals surface area contributed by atoms with Crippen LogP contribution >= 0.6 is 0 Å². The molecule has 0 radical (unpaired) electrons. The Morgan fingerprint density at radius 3 is 2.44 bits per heavy atom. The number of nitrogens with zero attached hydrogens (tertiary/aromatic N) is 1. The molecule has 0 atom stereocenters. The number of esters is 1. The summed E-state index contributed by atoms with van der Waals surface area (Å²) in [6.45, 7) is 4.91. The molecule has 0 heterocycles. The van der Waals surface area contributed by atoms with E-state index in [-0.39, 0.29) is 24.3 Å². The number of hydrogen-bond donors (Lipinski definition) is 0. The van der Waals surface area contributed by atoms with E-state index in [1.54, 1.807) is 11.8 Å². The topological polar surface area (TPSA) is 46.6 Å². The van der Waals surface area contributed by atoms with Crippen molar-refractivity contribution in [3.8, 4) is 0 Å². The summed E-state index contributed by atoms with van der Waals surface area (Å²) in [7, 11) is 0. The van der Waals surface area contributed by atoms with E-state index < -0.39 is 0 Å². The predicted octanol–water partition coefficient (Wildman–Crippen LogP) is 1.59. The summed E-state index contributed by atoms with van der Waals surface area (Å²) in [5.41, 5.74) is 0. The molecule has 0 aliphatic heterocycles. The first-order valence-corrected chi connectivity index (χ1v) is 6.13. The lowest BCUT2D eigenvalue weighted by Crippen LogP contribution is -2.42. The molecule has 0 aromatic heterocycles. The molecule has 92 valence electrons. The highest BCUT2D eigenvalue weighted by molar-refractivity contribution is 5.84. The maximum absolute atomic E-state index is 12.0. The smallest absolute Gasteiger partial charge is 0.325 e. The standard InChI is InChI=1S/C12H21NO3/c1-3-8-13(9-11(14)16-4-2)12(15)10-6-5-7-10/h10H,3-9H2,1-2H3. The van der Waals surface area contributed by atoms with Crippen molar-refractivity contribution in [2.24, 2.45) is 5.92 Å². The van der Waals surface area contributed by atoms with Gasteiger partial charge in [0, 0.05) is 12.5 Å². The number of ether oxygens (including phenoxy) is 1. The van der Waals surface area contributed by atoms with Gasteiger partial charge in [0.1, 0.15) is 6.54 Å². The van der Waals surface area contributed by atoms with Crippen LogP contribution in [0, 0.1) is 5.92 Å². The molecule has 0 N–H and O–H groups in total. The van der Waals surface area contributed by atoms with Gasteiger partial charge in [0.15, 0.2) is 0 Å². The summed E-state index contributed by atoms with van der Waals surface area (Å²) >= 11 is 0. The van der Waals surface area contributed by atoms with Gasteiger partial charge in [0.2, 0.25) is 5.91 Å². The second-order valence-electron chi connectivity index (χ2n) is 4.19. The van der Waals surface area contributed by atoms with Gasteiger partial charge in [-0.15, -0.1) is 0 Å². The van der Waals surface area contributed by atoms with E-state index in [4.69, 9.17) is 4.74 Å². The number of carbonyl (C=O) groups is 2. The predicted molar refractivity (Wildman–Crippen MR) is 60.8 cm³/mol. The Balaban J connectivity index is 2.45. The maximum atomic E-state index is 12.0. The van der Waals surface area contributed by atoms with Crippen LogP contribution in [0.1, 0.15) is 39.5 Å². The zero-order valence-corrected chi connectivity index (χ0v) is 10.2. The third kappa shape index (κ3) is 3.51. The van der Waals surface area contributed by atoms with Crippen LogP contribution in [0.3, 0.4) is 0 Å². The molecule has 1 amide bonds. The Hall–Kier alpha value is -1.06. The van der Waals surface area contributed by atoms with Crippen LogP contribution in [0.15, 0.2) is 0 Å².